The molecular formula is C10H19NOS. The summed E-state index contributed by atoms with van der Waals surface area (Å²) in [5.74, 6) is 0. The van der Waals surface area contributed by atoms with Crippen molar-refractivity contribution in [3.63, 3.8) is 0 Å². The number of aliphatic hydroxyl groups excluding tert-OH is 1. The normalized spacial score (nSPS) is 14.7. The molecule has 0 spiro atoms. The first kappa shape index (κ1) is 12.8. The van der Waals surface area contributed by atoms with E-state index in [-0.39, 0.29) is 6.10 Å². The number of hydrogen-bond donors (Lipinski definition) is 1. The van der Waals surface area contributed by atoms with E-state index in [4.69, 9.17) is 0 Å². The van der Waals surface area contributed by atoms with Gasteiger partial charge in [0.2, 0.25) is 0 Å². The lowest BCUT2D eigenvalue weighted by atomic mass is 10.2. The highest BCUT2D eigenvalue weighted by Crippen LogP contribution is 2.21. The number of rotatable bonds is 6. The van der Waals surface area contributed by atoms with E-state index in [2.05, 4.69) is 11.5 Å². The summed E-state index contributed by atoms with van der Waals surface area (Å²) in [6.45, 7) is 6.46. The van der Waals surface area contributed by atoms with Crippen LogP contribution in [0.5, 0.6) is 0 Å². The molecule has 0 aliphatic heterocycles. The van der Waals surface area contributed by atoms with Gasteiger partial charge >= 0.3 is 0 Å². The maximum atomic E-state index is 9.73. The van der Waals surface area contributed by atoms with E-state index in [0.717, 1.165) is 17.9 Å². The molecule has 0 saturated heterocycles. The van der Waals surface area contributed by atoms with Crippen molar-refractivity contribution in [3.8, 4) is 0 Å². The third kappa shape index (κ3) is 5.91. The molecule has 0 heterocycles. The zero-order valence-corrected chi connectivity index (χ0v) is 9.47. The molecule has 1 unspecified atom stereocenters. The Bertz CT molecular complexity index is 178. The van der Waals surface area contributed by atoms with Gasteiger partial charge in [-0.1, -0.05) is 12.7 Å². The van der Waals surface area contributed by atoms with Gasteiger partial charge in [-0.05, 0) is 32.8 Å². The fourth-order valence-electron chi connectivity index (χ4n) is 0.958. The van der Waals surface area contributed by atoms with E-state index in [0.29, 0.717) is 0 Å². The van der Waals surface area contributed by atoms with Crippen molar-refractivity contribution >= 4 is 11.8 Å². The number of aliphatic hydroxyl groups is 1. The second-order valence-electron chi connectivity index (χ2n) is 3.08. The zero-order chi connectivity index (χ0) is 10.3. The van der Waals surface area contributed by atoms with Gasteiger partial charge in [-0.2, -0.15) is 0 Å². The number of nitrogens with zero attached hydrogens (tertiary/aromatic N) is 1. The molecule has 0 aliphatic carbocycles. The Kier molecular flexibility index (Phi) is 7.04. The molecule has 0 saturated carbocycles. The predicted molar refractivity (Wildman–Crippen MR) is 60.7 cm³/mol. The van der Waals surface area contributed by atoms with Crippen LogP contribution in [-0.4, -0.2) is 36.8 Å². The van der Waals surface area contributed by atoms with Crippen molar-refractivity contribution in [2.45, 2.75) is 19.4 Å². The van der Waals surface area contributed by atoms with E-state index >= 15 is 0 Å². The van der Waals surface area contributed by atoms with E-state index in [1.54, 1.807) is 5.41 Å². The summed E-state index contributed by atoms with van der Waals surface area (Å²) < 4.78 is 0. The Morgan fingerprint density at radius 1 is 1.62 bits per heavy atom. The van der Waals surface area contributed by atoms with Crippen LogP contribution in [0.2, 0.25) is 0 Å². The Labute approximate surface area is 85.3 Å². The highest BCUT2D eigenvalue weighted by molar-refractivity contribution is 8.05. The van der Waals surface area contributed by atoms with Gasteiger partial charge in [0, 0.05) is 11.4 Å². The van der Waals surface area contributed by atoms with Gasteiger partial charge in [0.25, 0.3) is 0 Å². The first-order chi connectivity index (χ1) is 6.11. The van der Waals surface area contributed by atoms with Gasteiger partial charge in [-0.15, -0.1) is 11.8 Å². The molecule has 0 aliphatic rings. The maximum absolute atomic E-state index is 9.73. The monoisotopic (exact) mass is 201 g/mol. The largest absolute Gasteiger partial charge is 0.388 e. The summed E-state index contributed by atoms with van der Waals surface area (Å²) in [5, 5.41) is 11.5. The van der Waals surface area contributed by atoms with Crippen LogP contribution in [0.3, 0.4) is 0 Å². The predicted octanol–water partition coefficient (Wildman–Crippen LogP) is 2.08. The highest BCUT2D eigenvalue weighted by Gasteiger charge is 2.09. The SMILES string of the molecule is C=CS/C(=C\C)C(O)CCN(C)C. The third-order valence-corrected chi connectivity index (χ3v) is 2.63. The lowest BCUT2D eigenvalue weighted by Crippen LogP contribution is -2.19. The van der Waals surface area contributed by atoms with E-state index in [9.17, 15) is 5.11 Å². The molecule has 0 rings (SSSR count). The third-order valence-electron chi connectivity index (χ3n) is 1.68. The average molecular weight is 201 g/mol. The zero-order valence-electron chi connectivity index (χ0n) is 8.66. The van der Waals surface area contributed by atoms with Crippen LogP contribution < -0.4 is 0 Å². The van der Waals surface area contributed by atoms with Crippen molar-refractivity contribution in [3.05, 3.63) is 23.0 Å². The topological polar surface area (TPSA) is 23.5 Å². The summed E-state index contributed by atoms with van der Waals surface area (Å²) in [6.07, 6.45) is 2.36. The molecule has 0 bridgehead atoms. The molecule has 1 atom stereocenters. The molecule has 0 radical (unpaired) electrons. The molecule has 1 N–H and O–H groups in total. The summed E-state index contributed by atoms with van der Waals surface area (Å²) in [6, 6.07) is 0. The second kappa shape index (κ2) is 7.18. The molecule has 3 heteroatoms. The molecule has 0 aromatic rings. The van der Waals surface area contributed by atoms with Crippen molar-refractivity contribution in [2.75, 3.05) is 20.6 Å². The standard InChI is InChI=1S/C10H19NOS/c1-5-10(13-6-2)9(12)7-8-11(3)4/h5-6,9,12H,2,7-8H2,1,3-4H3/b10-5-. The lowest BCUT2D eigenvalue weighted by Gasteiger charge is -2.15. The Balaban J connectivity index is 3.91. The average Bonchev–Trinajstić information content (AvgIpc) is 2.10. The van der Waals surface area contributed by atoms with Gasteiger partial charge in [0.05, 0.1) is 6.10 Å². The van der Waals surface area contributed by atoms with Gasteiger partial charge in [-0.25, -0.2) is 0 Å². The maximum Gasteiger partial charge on any atom is 0.0860 e. The van der Waals surface area contributed by atoms with E-state index in [1.165, 1.54) is 11.8 Å². The van der Waals surface area contributed by atoms with Crippen molar-refractivity contribution < 1.29 is 5.11 Å². The fraction of sp³-hybridized carbons (Fsp3) is 0.600. The highest BCUT2D eigenvalue weighted by atomic mass is 32.2. The Hall–Kier alpha value is -0.250. The van der Waals surface area contributed by atoms with Gasteiger partial charge in [0.15, 0.2) is 0 Å². The minimum absolute atomic E-state index is 0.351. The molecule has 76 valence electrons. The minimum atomic E-state index is -0.351. The Morgan fingerprint density at radius 3 is 2.62 bits per heavy atom. The first-order valence-electron chi connectivity index (χ1n) is 4.38. The summed E-state index contributed by atoms with van der Waals surface area (Å²) in [7, 11) is 4.01. The minimum Gasteiger partial charge on any atom is -0.388 e. The van der Waals surface area contributed by atoms with Gasteiger partial charge in [-0.3, -0.25) is 0 Å². The molecular weight excluding hydrogens is 182 g/mol. The van der Waals surface area contributed by atoms with Gasteiger partial charge < -0.3 is 10.0 Å². The summed E-state index contributed by atoms with van der Waals surface area (Å²) in [5.41, 5.74) is 0. The van der Waals surface area contributed by atoms with E-state index < -0.39 is 0 Å². The molecule has 13 heavy (non-hydrogen) atoms. The summed E-state index contributed by atoms with van der Waals surface area (Å²) in [4.78, 5) is 3.05. The molecule has 0 amide bonds. The van der Waals surface area contributed by atoms with Crippen molar-refractivity contribution in [1.82, 2.24) is 4.90 Å². The Morgan fingerprint density at radius 2 is 2.23 bits per heavy atom. The van der Waals surface area contributed by atoms with Crippen LogP contribution in [-0.2, 0) is 0 Å². The second-order valence-corrected chi connectivity index (χ2v) is 4.12. The number of thioether (sulfide) groups is 1. The van der Waals surface area contributed by atoms with Crippen molar-refractivity contribution in [1.29, 1.82) is 0 Å². The number of hydrogen-bond acceptors (Lipinski definition) is 3. The van der Waals surface area contributed by atoms with Crippen LogP contribution >= 0.6 is 11.8 Å². The van der Waals surface area contributed by atoms with Crippen molar-refractivity contribution in [2.24, 2.45) is 0 Å². The molecule has 0 aromatic heterocycles. The quantitative estimate of drug-likeness (QED) is 0.711. The van der Waals surface area contributed by atoms with E-state index in [1.807, 2.05) is 27.1 Å². The van der Waals surface area contributed by atoms with Crippen LogP contribution in [0.4, 0.5) is 0 Å². The molecule has 0 aromatic carbocycles. The molecule has 2 nitrogen and oxygen atoms in total. The van der Waals surface area contributed by atoms with Crippen LogP contribution in [0.25, 0.3) is 0 Å². The lowest BCUT2D eigenvalue weighted by molar-refractivity contribution is 0.192. The van der Waals surface area contributed by atoms with Crippen LogP contribution in [0.15, 0.2) is 23.0 Å². The number of allylic oxidation sites excluding steroid dienone is 1. The fourth-order valence-corrected chi connectivity index (χ4v) is 1.56. The first-order valence-corrected chi connectivity index (χ1v) is 5.26. The van der Waals surface area contributed by atoms with Crippen LogP contribution in [0, 0.1) is 0 Å². The van der Waals surface area contributed by atoms with Gasteiger partial charge in [0.1, 0.15) is 0 Å². The molecule has 0 fully saturated rings. The summed E-state index contributed by atoms with van der Waals surface area (Å²) >= 11 is 1.49. The smallest absolute Gasteiger partial charge is 0.0860 e. The van der Waals surface area contributed by atoms with Crippen LogP contribution in [0.1, 0.15) is 13.3 Å².